The molecule has 1 aliphatic heterocycles. The van der Waals surface area contributed by atoms with Gasteiger partial charge in [0.1, 0.15) is 6.04 Å². The van der Waals surface area contributed by atoms with Gasteiger partial charge in [-0.3, -0.25) is 10.1 Å². The second-order valence-electron chi connectivity index (χ2n) is 2.94. The molecule has 1 aromatic rings. The number of nitrogens with one attached hydrogen (secondary N) is 1. The fourth-order valence-corrected chi connectivity index (χ4v) is 4.11. The Balaban J connectivity index is 2.05. The zero-order valence-corrected chi connectivity index (χ0v) is 10.3. The summed E-state index contributed by atoms with van der Waals surface area (Å²) < 4.78 is 1.05. The van der Waals surface area contributed by atoms with Gasteiger partial charge in [-0.2, -0.15) is 0 Å². The highest BCUT2D eigenvalue weighted by Crippen LogP contribution is 2.37. The number of hydrogen-bond acceptors (Lipinski definition) is 4. The van der Waals surface area contributed by atoms with Crippen molar-refractivity contribution in [2.24, 2.45) is 0 Å². The summed E-state index contributed by atoms with van der Waals surface area (Å²) in [6.45, 7) is 0. The Bertz CT molecular complexity index is 355. The fourth-order valence-electron chi connectivity index (χ4n) is 1.24. The number of carbonyl (C=O) groups is 1. The molecule has 6 heteroatoms. The van der Waals surface area contributed by atoms with Crippen LogP contribution in [0.4, 0.5) is 0 Å². The molecular formula is C8H8BrNO2S2. The van der Waals surface area contributed by atoms with Crippen molar-refractivity contribution in [2.75, 3.05) is 5.75 Å². The van der Waals surface area contributed by atoms with Crippen LogP contribution in [-0.4, -0.2) is 22.9 Å². The fraction of sp³-hybridized carbons (Fsp3) is 0.375. The lowest BCUT2D eigenvalue weighted by molar-refractivity contribution is -0.138. The Kier molecular flexibility index (Phi) is 3.16. The van der Waals surface area contributed by atoms with E-state index in [4.69, 9.17) is 5.11 Å². The molecule has 14 heavy (non-hydrogen) atoms. The molecule has 0 radical (unpaired) electrons. The highest BCUT2D eigenvalue weighted by atomic mass is 79.9. The maximum Gasteiger partial charge on any atom is 0.321 e. The van der Waals surface area contributed by atoms with E-state index in [0.29, 0.717) is 5.75 Å². The monoisotopic (exact) mass is 293 g/mol. The van der Waals surface area contributed by atoms with Crippen LogP contribution in [0.1, 0.15) is 10.3 Å². The van der Waals surface area contributed by atoms with E-state index in [1.54, 1.807) is 23.1 Å². The molecule has 2 rings (SSSR count). The van der Waals surface area contributed by atoms with E-state index < -0.39 is 12.0 Å². The molecule has 0 unspecified atom stereocenters. The SMILES string of the molecule is O=C(O)[C@@H]1CS[C@H](c2cc(Br)cs2)N1. The zero-order chi connectivity index (χ0) is 10.1. The Morgan fingerprint density at radius 2 is 2.50 bits per heavy atom. The van der Waals surface area contributed by atoms with Crippen molar-refractivity contribution in [2.45, 2.75) is 11.4 Å². The third kappa shape index (κ3) is 2.13. The van der Waals surface area contributed by atoms with Gasteiger partial charge in [0, 0.05) is 20.5 Å². The van der Waals surface area contributed by atoms with Crippen molar-refractivity contribution in [3.63, 3.8) is 0 Å². The van der Waals surface area contributed by atoms with Gasteiger partial charge in [-0.25, -0.2) is 0 Å². The lowest BCUT2D eigenvalue weighted by Crippen LogP contribution is -2.33. The number of thioether (sulfide) groups is 1. The summed E-state index contributed by atoms with van der Waals surface area (Å²) in [7, 11) is 0. The van der Waals surface area contributed by atoms with Gasteiger partial charge in [0.25, 0.3) is 0 Å². The van der Waals surface area contributed by atoms with Crippen LogP contribution < -0.4 is 5.32 Å². The molecule has 0 aliphatic carbocycles. The normalized spacial score (nSPS) is 26.6. The van der Waals surface area contributed by atoms with Gasteiger partial charge in [-0.05, 0) is 22.0 Å². The molecule has 2 N–H and O–H groups in total. The number of carboxylic acid groups (broad SMARTS) is 1. The minimum atomic E-state index is -0.768. The molecule has 1 saturated heterocycles. The van der Waals surface area contributed by atoms with E-state index in [9.17, 15) is 4.79 Å². The smallest absolute Gasteiger partial charge is 0.321 e. The molecule has 1 aromatic heterocycles. The number of aliphatic carboxylic acids is 1. The van der Waals surface area contributed by atoms with Gasteiger partial charge in [0.2, 0.25) is 0 Å². The number of rotatable bonds is 2. The highest BCUT2D eigenvalue weighted by molar-refractivity contribution is 9.10. The standard InChI is InChI=1S/C8H8BrNO2S2/c9-4-1-6(13-2-4)7-10-5(3-14-7)8(11)12/h1-2,5,7,10H,3H2,(H,11,12)/t5-,7+/m0/s1. The first-order chi connectivity index (χ1) is 6.66. The molecule has 0 amide bonds. The van der Waals surface area contributed by atoms with Crippen molar-refractivity contribution in [3.05, 3.63) is 20.8 Å². The van der Waals surface area contributed by atoms with E-state index in [1.807, 2.05) is 11.4 Å². The summed E-state index contributed by atoms with van der Waals surface area (Å²) in [5, 5.41) is 14.0. The Labute approximate surface area is 98.0 Å². The number of thiophene rings is 1. The number of hydrogen-bond donors (Lipinski definition) is 2. The summed E-state index contributed by atoms with van der Waals surface area (Å²) in [5.74, 6) is -0.133. The first-order valence-corrected chi connectivity index (χ1v) is 6.73. The van der Waals surface area contributed by atoms with E-state index in [1.165, 1.54) is 4.88 Å². The average Bonchev–Trinajstić information content (AvgIpc) is 2.70. The third-order valence-electron chi connectivity index (χ3n) is 1.93. The van der Waals surface area contributed by atoms with Crippen LogP contribution in [0.2, 0.25) is 0 Å². The van der Waals surface area contributed by atoms with E-state index >= 15 is 0 Å². The molecule has 0 spiro atoms. The van der Waals surface area contributed by atoms with Gasteiger partial charge < -0.3 is 5.11 Å². The minimum absolute atomic E-state index is 0.132. The molecule has 1 fully saturated rings. The predicted octanol–water partition coefficient (Wildman–Crippen LogP) is 2.30. The Hall–Kier alpha value is -0.0400. The van der Waals surface area contributed by atoms with Gasteiger partial charge in [0.05, 0.1) is 5.37 Å². The van der Waals surface area contributed by atoms with Gasteiger partial charge in [-0.15, -0.1) is 23.1 Å². The maximum absolute atomic E-state index is 10.7. The molecular weight excluding hydrogens is 286 g/mol. The van der Waals surface area contributed by atoms with Crippen LogP contribution in [0.15, 0.2) is 15.9 Å². The van der Waals surface area contributed by atoms with E-state index in [-0.39, 0.29) is 5.37 Å². The molecule has 3 nitrogen and oxygen atoms in total. The first-order valence-electron chi connectivity index (χ1n) is 4.01. The lowest BCUT2D eigenvalue weighted by Gasteiger charge is -2.07. The van der Waals surface area contributed by atoms with Crippen LogP contribution >= 0.6 is 39.0 Å². The quantitative estimate of drug-likeness (QED) is 0.878. The topological polar surface area (TPSA) is 49.3 Å². The van der Waals surface area contributed by atoms with E-state index in [0.717, 1.165) is 4.47 Å². The highest BCUT2D eigenvalue weighted by Gasteiger charge is 2.30. The minimum Gasteiger partial charge on any atom is -0.480 e. The van der Waals surface area contributed by atoms with Crippen LogP contribution in [-0.2, 0) is 4.79 Å². The summed E-state index contributed by atoms with van der Waals surface area (Å²) in [6.07, 6.45) is 0. The predicted molar refractivity (Wildman–Crippen MR) is 61.8 cm³/mol. The van der Waals surface area contributed by atoms with Crippen LogP contribution in [0.25, 0.3) is 0 Å². The molecule has 1 aliphatic rings. The zero-order valence-electron chi connectivity index (χ0n) is 7.07. The molecule has 0 bridgehead atoms. The lowest BCUT2D eigenvalue weighted by atomic mass is 10.3. The van der Waals surface area contributed by atoms with Crippen LogP contribution in [0, 0.1) is 0 Å². The van der Waals surface area contributed by atoms with Crippen LogP contribution in [0.5, 0.6) is 0 Å². The maximum atomic E-state index is 10.7. The summed E-state index contributed by atoms with van der Waals surface area (Å²) in [6, 6.07) is 1.62. The van der Waals surface area contributed by atoms with Crippen molar-refractivity contribution >= 4 is 45.0 Å². The molecule has 2 atom stereocenters. The number of carboxylic acids is 1. The largest absolute Gasteiger partial charge is 0.480 e. The van der Waals surface area contributed by atoms with Crippen molar-refractivity contribution < 1.29 is 9.90 Å². The van der Waals surface area contributed by atoms with E-state index in [2.05, 4.69) is 21.2 Å². The van der Waals surface area contributed by atoms with Gasteiger partial charge in [-0.1, -0.05) is 0 Å². The second kappa shape index (κ2) is 4.22. The molecule has 2 heterocycles. The number of halogens is 1. The molecule has 0 saturated carbocycles. The Morgan fingerprint density at radius 1 is 1.71 bits per heavy atom. The summed E-state index contributed by atoms with van der Waals surface area (Å²) >= 11 is 6.66. The first kappa shape index (κ1) is 10.5. The van der Waals surface area contributed by atoms with Gasteiger partial charge in [0.15, 0.2) is 0 Å². The summed E-state index contributed by atoms with van der Waals surface area (Å²) in [4.78, 5) is 11.9. The molecule has 0 aromatic carbocycles. The van der Waals surface area contributed by atoms with Crippen molar-refractivity contribution in [1.82, 2.24) is 5.32 Å². The van der Waals surface area contributed by atoms with Crippen molar-refractivity contribution in [3.8, 4) is 0 Å². The van der Waals surface area contributed by atoms with Crippen LogP contribution in [0.3, 0.4) is 0 Å². The third-order valence-corrected chi connectivity index (χ3v) is 5.08. The second-order valence-corrected chi connectivity index (χ2v) is 5.93. The molecule has 76 valence electrons. The van der Waals surface area contributed by atoms with Gasteiger partial charge >= 0.3 is 5.97 Å². The summed E-state index contributed by atoms with van der Waals surface area (Å²) in [5.41, 5.74) is 0. The Morgan fingerprint density at radius 3 is 3.00 bits per heavy atom. The average molecular weight is 294 g/mol. The van der Waals surface area contributed by atoms with Crippen molar-refractivity contribution in [1.29, 1.82) is 0 Å².